The molecule has 0 bridgehead atoms. The van der Waals surface area contributed by atoms with Crippen LogP contribution in [0.3, 0.4) is 0 Å². The highest BCUT2D eigenvalue weighted by atomic mass is 19.4. The predicted molar refractivity (Wildman–Crippen MR) is 88.5 cm³/mol. The molecule has 1 N–H and O–H groups in total. The van der Waals surface area contributed by atoms with E-state index >= 15 is 0 Å². The van der Waals surface area contributed by atoms with E-state index in [2.05, 4.69) is 15.3 Å². The number of amides is 1. The summed E-state index contributed by atoms with van der Waals surface area (Å²) < 4.78 is 56.7. The number of aryl methyl sites for hydroxylation is 1. The van der Waals surface area contributed by atoms with Gasteiger partial charge in [-0.15, -0.1) is 0 Å². The molecule has 0 fully saturated rings. The SMILES string of the molecule is CCc1oc(C(F)(F)F)nc1-c1ccc(NC(=O)c2ccccc2F)nc1. The van der Waals surface area contributed by atoms with Crippen molar-refractivity contribution in [3.8, 4) is 11.3 Å². The van der Waals surface area contributed by atoms with Gasteiger partial charge in [0.25, 0.3) is 5.91 Å². The molecule has 9 heteroatoms. The second-order valence-corrected chi connectivity index (χ2v) is 5.51. The first-order chi connectivity index (χ1) is 12.8. The average molecular weight is 379 g/mol. The van der Waals surface area contributed by atoms with Crippen LogP contribution in [0.1, 0.15) is 28.9 Å². The Morgan fingerprint density at radius 3 is 2.52 bits per heavy atom. The molecule has 0 spiro atoms. The number of carbonyl (C=O) groups is 1. The Labute approximate surface area is 151 Å². The molecular weight excluding hydrogens is 366 g/mol. The summed E-state index contributed by atoms with van der Waals surface area (Å²) in [6.45, 7) is 1.64. The smallest absolute Gasteiger partial charge is 0.437 e. The number of pyridine rings is 1. The van der Waals surface area contributed by atoms with E-state index in [4.69, 9.17) is 4.42 Å². The van der Waals surface area contributed by atoms with Crippen molar-refractivity contribution in [2.24, 2.45) is 0 Å². The number of anilines is 1. The van der Waals surface area contributed by atoms with E-state index in [0.29, 0.717) is 5.56 Å². The van der Waals surface area contributed by atoms with Gasteiger partial charge in [-0.1, -0.05) is 19.1 Å². The summed E-state index contributed by atoms with van der Waals surface area (Å²) in [5, 5.41) is 2.42. The molecule has 0 aliphatic rings. The number of hydrogen-bond donors (Lipinski definition) is 1. The molecule has 0 saturated carbocycles. The maximum absolute atomic E-state index is 13.6. The number of aromatic nitrogens is 2. The van der Waals surface area contributed by atoms with Gasteiger partial charge in [-0.3, -0.25) is 4.79 Å². The monoisotopic (exact) mass is 379 g/mol. The highest BCUT2D eigenvalue weighted by molar-refractivity contribution is 6.03. The number of rotatable bonds is 4. The molecule has 1 amide bonds. The van der Waals surface area contributed by atoms with Crippen LogP contribution in [0.2, 0.25) is 0 Å². The normalized spacial score (nSPS) is 11.4. The largest absolute Gasteiger partial charge is 0.468 e. The summed E-state index contributed by atoms with van der Waals surface area (Å²) >= 11 is 0. The highest BCUT2D eigenvalue weighted by Crippen LogP contribution is 2.33. The number of halogens is 4. The van der Waals surface area contributed by atoms with Crippen molar-refractivity contribution in [3.63, 3.8) is 0 Å². The van der Waals surface area contributed by atoms with Gasteiger partial charge >= 0.3 is 12.1 Å². The van der Waals surface area contributed by atoms with Crippen molar-refractivity contribution in [3.05, 3.63) is 65.6 Å². The summed E-state index contributed by atoms with van der Waals surface area (Å²) in [6.07, 6.45) is -3.22. The molecule has 1 aromatic carbocycles. The minimum absolute atomic E-state index is 0.0318. The fraction of sp³-hybridized carbons (Fsp3) is 0.167. The summed E-state index contributed by atoms with van der Waals surface area (Å²) in [6, 6.07) is 8.28. The summed E-state index contributed by atoms with van der Waals surface area (Å²) in [5.74, 6) is -2.51. The Hall–Kier alpha value is -3.23. The molecular formula is C18H13F4N3O2. The number of nitrogens with zero attached hydrogens (tertiary/aromatic N) is 2. The van der Waals surface area contributed by atoms with Crippen LogP contribution in [0.4, 0.5) is 23.4 Å². The lowest BCUT2D eigenvalue weighted by Gasteiger charge is -2.06. The molecule has 2 heterocycles. The summed E-state index contributed by atoms with van der Waals surface area (Å²) in [7, 11) is 0. The van der Waals surface area contributed by atoms with E-state index in [0.717, 1.165) is 6.07 Å². The molecule has 0 saturated heterocycles. The first-order valence-electron chi connectivity index (χ1n) is 7.88. The first kappa shape index (κ1) is 18.6. The van der Waals surface area contributed by atoms with Crippen LogP contribution in [0, 0.1) is 5.82 Å². The molecule has 0 radical (unpaired) electrons. The van der Waals surface area contributed by atoms with E-state index in [-0.39, 0.29) is 29.3 Å². The van der Waals surface area contributed by atoms with Gasteiger partial charge in [-0.2, -0.15) is 13.2 Å². The topological polar surface area (TPSA) is 68.0 Å². The van der Waals surface area contributed by atoms with E-state index < -0.39 is 23.8 Å². The van der Waals surface area contributed by atoms with Crippen molar-refractivity contribution in [1.29, 1.82) is 0 Å². The maximum Gasteiger partial charge on any atom is 0.468 e. The molecule has 3 aromatic rings. The van der Waals surface area contributed by atoms with E-state index in [1.165, 1.54) is 36.5 Å². The number of alkyl halides is 3. The molecule has 27 heavy (non-hydrogen) atoms. The molecule has 0 atom stereocenters. The zero-order chi connectivity index (χ0) is 19.6. The Kier molecular flexibility index (Phi) is 4.93. The van der Waals surface area contributed by atoms with Crippen molar-refractivity contribution in [2.45, 2.75) is 19.5 Å². The van der Waals surface area contributed by atoms with Gasteiger partial charge in [0.1, 0.15) is 23.1 Å². The van der Waals surface area contributed by atoms with E-state index in [1.54, 1.807) is 6.92 Å². The first-order valence-corrected chi connectivity index (χ1v) is 7.88. The zero-order valence-corrected chi connectivity index (χ0v) is 14.0. The van der Waals surface area contributed by atoms with Gasteiger partial charge in [-0.25, -0.2) is 14.4 Å². The van der Waals surface area contributed by atoms with Gasteiger partial charge < -0.3 is 9.73 Å². The second kappa shape index (κ2) is 7.18. The third kappa shape index (κ3) is 3.97. The van der Waals surface area contributed by atoms with Gasteiger partial charge in [-0.05, 0) is 24.3 Å². The van der Waals surface area contributed by atoms with Crippen LogP contribution >= 0.6 is 0 Å². The lowest BCUT2D eigenvalue weighted by molar-refractivity contribution is -0.157. The van der Waals surface area contributed by atoms with Crippen LogP contribution in [-0.2, 0) is 12.6 Å². The molecule has 5 nitrogen and oxygen atoms in total. The minimum atomic E-state index is -4.69. The molecule has 0 aliphatic heterocycles. The van der Waals surface area contributed by atoms with Crippen LogP contribution in [0.15, 0.2) is 47.0 Å². The lowest BCUT2D eigenvalue weighted by atomic mass is 10.1. The molecule has 0 unspecified atom stereocenters. The van der Waals surface area contributed by atoms with Crippen molar-refractivity contribution in [2.75, 3.05) is 5.32 Å². The van der Waals surface area contributed by atoms with E-state index in [9.17, 15) is 22.4 Å². The van der Waals surface area contributed by atoms with E-state index in [1.807, 2.05) is 0 Å². The van der Waals surface area contributed by atoms with Gasteiger partial charge in [0.15, 0.2) is 0 Å². The van der Waals surface area contributed by atoms with Crippen LogP contribution in [0.25, 0.3) is 11.3 Å². The number of benzene rings is 1. The molecule has 140 valence electrons. The number of hydrogen-bond acceptors (Lipinski definition) is 4. The fourth-order valence-corrected chi connectivity index (χ4v) is 2.38. The molecule has 2 aromatic heterocycles. The average Bonchev–Trinajstić information content (AvgIpc) is 3.07. The Morgan fingerprint density at radius 2 is 1.93 bits per heavy atom. The summed E-state index contributed by atoms with van der Waals surface area (Å²) in [5.41, 5.74) is 0.183. The number of oxazole rings is 1. The Bertz CT molecular complexity index is 965. The maximum atomic E-state index is 13.6. The van der Waals surface area contributed by atoms with Crippen LogP contribution in [-0.4, -0.2) is 15.9 Å². The predicted octanol–water partition coefficient (Wildman–Crippen LogP) is 4.71. The number of carbonyl (C=O) groups excluding carboxylic acids is 1. The molecule has 3 rings (SSSR count). The van der Waals surface area contributed by atoms with Gasteiger partial charge in [0.05, 0.1) is 5.56 Å². The highest BCUT2D eigenvalue weighted by Gasteiger charge is 2.38. The van der Waals surface area contributed by atoms with Crippen LogP contribution < -0.4 is 5.32 Å². The van der Waals surface area contributed by atoms with Gasteiger partial charge in [0, 0.05) is 18.2 Å². The quantitative estimate of drug-likeness (QED) is 0.667. The Morgan fingerprint density at radius 1 is 1.19 bits per heavy atom. The van der Waals surface area contributed by atoms with Crippen molar-refractivity contribution in [1.82, 2.24) is 9.97 Å². The lowest BCUT2D eigenvalue weighted by Crippen LogP contribution is -2.14. The van der Waals surface area contributed by atoms with Crippen molar-refractivity contribution >= 4 is 11.7 Å². The standard InChI is InChI=1S/C18H13F4N3O2/c1-2-13-15(25-17(27-13)18(20,21)22)10-7-8-14(23-9-10)24-16(26)11-5-3-4-6-12(11)19/h3-9H,2H2,1H3,(H,23,24,26). The van der Waals surface area contributed by atoms with Gasteiger partial charge in [0.2, 0.25) is 0 Å². The summed E-state index contributed by atoms with van der Waals surface area (Å²) in [4.78, 5) is 19.5. The third-order valence-corrected chi connectivity index (χ3v) is 3.66. The molecule has 0 aliphatic carbocycles. The van der Waals surface area contributed by atoms with Crippen molar-refractivity contribution < 1.29 is 26.8 Å². The minimum Gasteiger partial charge on any atom is -0.437 e. The zero-order valence-electron chi connectivity index (χ0n) is 14.0. The Balaban J connectivity index is 1.83. The fourth-order valence-electron chi connectivity index (χ4n) is 2.38. The number of nitrogens with one attached hydrogen (secondary N) is 1. The second-order valence-electron chi connectivity index (χ2n) is 5.51. The van der Waals surface area contributed by atoms with Crippen LogP contribution in [0.5, 0.6) is 0 Å². The third-order valence-electron chi connectivity index (χ3n) is 3.66.